The maximum absolute atomic E-state index is 14.0. The van der Waals surface area contributed by atoms with Crippen LogP contribution < -0.4 is 14.8 Å². The van der Waals surface area contributed by atoms with Crippen molar-refractivity contribution in [2.45, 2.75) is 43.9 Å². The number of carbonyl (C=O) groups excluding carboxylic acids is 1. The summed E-state index contributed by atoms with van der Waals surface area (Å²) in [5, 5.41) is 19.8. The molecular weight excluding hydrogens is 532 g/mol. The maximum atomic E-state index is 14.0. The summed E-state index contributed by atoms with van der Waals surface area (Å²) >= 11 is 0. The van der Waals surface area contributed by atoms with Gasteiger partial charge in [0, 0.05) is 23.7 Å². The van der Waals surface area contributed by atoms with Gasteiger partial charge in [0.1, 0.15) is 17.2 Å². The number of anilines is 1. The Balaban J connectivity index is 1.23. The second-order valence-electron chi connectivity index (χ2n) is 12.1. The number of nitrogens with zero attached hydrogens (tertiary/aromatic N) is 3. The number of nitrogens with one attached hydrogen (secondary N) is 1. The first kappa shape index (κ1) is 26.3. The van der Waals surface area contributed by atoms with Crippen LogP contribution in [0.15, 0.2) is 79.0 Å². The number of para-hydroxylation sites is 1. The zero-order valence-corrected chi connectivity index (χ0v) is 23.4. The Morgan fingerprint density at radius 2 is 1.57 bits per heavy atom. The molecule has 4 aromatic rings. The fraction of sp³-hybridized carbons (Fsp3) is 0.333. The largest absolute Gasteiger partial charge is 0.497 e. The third kappa shape index (κ3) is 4.89. The second-order valence-corrected chi connectivity index (χ2v) is 12.1. The van der Waals surface area contributed by atoms with E-state index < -0.39 is 4.92 Å². The van der Waals surface area contributed by atoms with Crippen LogP contribution in [-0.2, 0) is 5.41 Å². The number of benzene rings is 3. The highest BCUT2D eigenvalue weighted by molar-refractivity contribution is 6.05. The second kappa shape index (κ2) is 10.3. The summed E-state index contributed by atoms with van der Waals surface area (Å²) in [6.45, 7) is 0. The van der Waals surface area contributed by atoms with Gasteiger partial charge >= 0.3 is 0 Å². The molecule has 4 fully saturated rings. The summed E-state index contributed by atoms with van der Waals surface area (Å²) in [7, 11) is 1.57. The van der Waals surface area contributed by atoms with Crippen LogP contribution in [0.4, 0.5) is 11.4 Å². The fourth-order valence-corrected chi connectivity index (χ4v) is 7.84. The lowest BCUT2D eigenvalue weighted by atomic mass is 9.48. The quantitative estimate of drug-likeness (QED) is 0.178. The molecule has 3 aromatic carbocycles. The average molecular weight is 565 g/mol. The summed E-state index contributed by atoms with van der Waals surface area (Å²) in [6.07, 6.45) is 8.83. The van der Waals surface area contributed by atoms with Gasteiger partial charge in [-0.25, -0.2) is 4.68 Å². The molecule has 42 heavy (non-hydrogen) atoms. The molecule has 8 rings (SSSR count). The first-order valence-corrected chi connectivity index (χ1v) is 14.5. The van der Waals surface area contributed by atoms with Crippen molar-refractivity contribution >= 4 is 17.3 Å². The standard InChI is InChI=1S/C33H32N4O5/c1-41-27-7-9-28(10-8-27)42-29-15-24(14-26(16-29)37(39)40)34-32(38)30-20-36(25-5-3-2-4-6-25)35-31(30)33-17-21-11-22(18-33)13-23(12-21)19-33/h2-10,14-16,20-23H,11-13,17-19H2,1H3,(H,34,38). The van der Waals surface area contributed by atoms with E-state index in [-0.39, 0.29) is 28.4 Å². The van der Waals surface area contributed by atoms with E-state index in [1.165, 1.54) is 31.4 Å². The molecule has 214 valence electrons. The van der Waals surface area contributed by atoms with E-state index in [1.54, 1.807) is 42.1 Å². The number of rotatable bonds is 8. The van der Waals surface area contributed by atoms with Crippen molar-refractivity contribution in [2.24, 2.45) is 17.8 Å². The third-order valence-electron chi connectivity index (χ3n) is 9.18. The smallest absolute Gasteiger partial charge is 0.275 e. The van der Waals surface area contributed by atoms with Crippen molar-refractivity contribution in [3.05, 3.63) is 100 Å². The van der Waals surface area contributed by atoms with Crippen molar-refractivity contribution in [1.29, 1.82) is 0 Å². The highest BCUT2D eigenvalue weighted by Crippen LogP contribution is 2.61. The van der Waals surface area contributed by atoms with E-state index in [2.05, 4.69) is 5.32 Å². The van der Waals surface area contributed by atoms with Gasteiger partial charge in [0.05, 0.1) is 40.7 Å². The van der Waals surface area contributed by atoms with Crippen LogP contribution in [-0.4, -0.2) is 27.7 Å². The van der Waals surface area contributed by atoms with Gasteiger partial charge in [0.25, 0.3) is 11.6 Å². The number of carbonyl (C=O) groups is 1. The van der Waals surface area contributed by atoms with Crippen LogP contribution in [0.3, 0.4) is 0 Å². The molecule has 1 aromatic heterocycles. The molecular formula is C33H32N4O5. The Kier molecular flexibility index (Phi) is 6.45. The van der Waals surface area contributed by atoms with Crippen molar-refractivity contribution in [3.63, 3.8) is 0 Å². The highest BCUT2D eigenvalue weighted by atomic mass is 16.6. The van der Waals surface area contributed by atoms with E-state index in [0.717, 1.165) is 30.6 Å². The molecule has 1 amide bonds. The lowest BCUT2D eigenvalue weighted by Crippen LogP contribution is -2.49. The minimum atomic E-state index is -0.495. The summed E-state index contributed by atoms with van der Waals surface area (Å²) < 4.78 is 12.9. The van der Waals surface area contributed by atoms with Crippen LogP contribution in [0.1, 0.15) is 54.6 Å². The fourth-order valence-electron chi connectivity index (χ4n) is 7.84. The molecule has 4 aliphatic rings. The van der Waals surface area contributed by atoms with Gasteiger partial charge in [-0.3, -0.25) is 14.9 Å². The predicted molar refractivity (Wildman–Crippen MR) is 158 cm³/mol. The number of ether oxygens (including phenoxy) is 2. The Morgan fingerprint density at radius 3 is 2.19 bits per heavy atom. The van der Waals surface area contributed by atoms with Gasteiger partial charge in [-0.15, -0.1) is 0 Å². The van der Waals surface area contributed by atoms with Gasteiger partial charge in [0.15, 0.2) is 0 Å². The molecule has 4 aliphatic carbocycles. The van der Waals surface area contributed by atoms with Crippen LogP contribution in [0.5, 0.6) is 17.2 Å². The van der Waals surface area contributed by atoms with Crippen LogP contribution in [0, 0.1) is 27.9 Å². The summed E-state index contributed by atoms with van der Waals surface area (Å²) in [5.41, 5.74) is 2.23. The van der Waals surface area contributed by atoms with Crippen molar-refractivity contribution in [2.75, 3.05) is 12.4 Å². The molecule has 1 heterocycles. The number of nitro benzene ring substituents is 1. The van der Waals surface area contributed by atoms with Gasteiger partial charge < -0.3 is 14.8 Å². The first-order valence-electron chi connectivity index (χ1n) is 14.5. The molecule has 0 spiro atoms. The molecule has 0 radical (unpaired) electrons. The molecule has 0 aliphatic heterocycles. The van der Waals surface area contributed by atoms with Gasteiger partial charge in [-0.2, -0.15) is 5.10 Å². The average Bonchev–Trinajstić information content (AvgIpc) is 3.44. The lowest BCUT2D eigenvalue weighted by molar-refractivity contribution is -0.384. The predicted octanol–water partition coefficient (Wildman–Crippen LogP) is 7.30. The number of hydrogen-bond donors (Lipinski definition) is 1. The molecule has 4 saturated carbocycles. The zero-order valence-electron chi connectivity index (χ0n) is 23.4. The Hall–Kier alpha value is -4.66. The number of aromatic nitrogens is 2. The molecule has 9 nitrogen and oxygen atoms in total. The summed E-state index contributed by atoms with van der Waals surface area (Å²) in [6, 6.07) is 21.0. The minimum absolute atomic E-state index is 0.118. The Morgan fingerprint density at radius 1 is 0.929 bits per heavy atom. The number of hydrogen-bond acceptors (Lipinski definition) is 6. The van der Waals surface area contributed by atoms with Crippen LogP contribution >= 0.6 is 0 Å². The molecule has 0 saturated heterocycles. The number of amides is 1. The topological polar surface area (TPSA) is 109 Å². The first-order chi connectivity index (χ1) is 20.4. The zero-order chi connectivity index (χ0) is 28.8. The normalized spacial score (nSPS) is 23.9. The third-order valence-corrected chi connectivity index (χ3v) is 9.18. The number of nitro groups is 1. The van der Waals surface area contributed by atoms with E-state index in [0.29, 0.717) is 34.8 Å². The van der Waals surface area contributed by atoms with E-state index in [1.807, 2.05) is 36.5 Å². The van der Waals surface area contributed by atoms with Crippen LogP contribution in [0.25, 0.3) is 5.69 Å². The molecule has 0 atom stereocenters. The summed E-state index contributed by atoms with van der Waals surface area (Å²) in [4.78, 5) is 25.3. The molecule has 9 heteroatoms. The van der Waals surface area contributed by atoms with Gasteiger partial charge in [-0.1, -0.05) is 18.2 Å². The van der Waals surface area contributed by atoms with Crippen molar-refractivity contribution in [1.82, 2.24) is 9.78 Å². The maximum Gasteiger partial charge on any atom is 0.275 e. The minimum Gasteiger partial charge on any atom is -0.497 e. The van der Waals surface area contributed by atoms with Crippen LogP contribution in [0.2, 0.25) is 0 Å². The highest BCUT2D eigenvalue weighted by Gasteiger charge is 2.54. The van der Waals surface area contributed by atoms with Crippen molar-refractivity contribution in [3.8, 4) is 22.9 Å². The monoisotopic (exact) mass is 564 g/mol. The molecule has 0 unspecified atom stereocenters. The molecule has 4 bridgehead atoms. The van der Waals surface area contributed by atoms with E-state index in [4.69, 9.17) is 14.6 Å². The van der Waals surface area contributed by atoms with E-state index >= 15 is 0 Å². The number of methoxy groups -OCH3 is 1. The van der Waals surface area contributed by atoms with Gasteiger partial charge in [-0.05, 0) is 92.7 Å². The van der Waals surface area contributed by atoms with E-state index in [9.17, 15) is 14.9 Å². The van der Waals surface area contributed by atoms with Gasteiger partial charge in [0.2, 0.25) is 0 Å². The lowest BCUT2D eigenvalue weighted by Gasteiger charge is -2.56. The van der Waals surface area contributed by atoms with Crippen molar-refractivity contribution < 1.29 is 19.2 Å². The Bertz CT molecular complexity index is 1610. The molecule has 1 N–H and O–H groups in total. The SMILES string of the molecule is COc1ccc(Oc2cc(NC(=O)c3cn(-c4ccccc4)nc3C34CC5CC(CC(C5)C3)C4)cc([N+](=O)[O-])c2)cc1. The Labute approximate surface area is 243 Å². The number of non-ortho nitro benzene ring substituents is 1. The summed E-state index contributed by atoms with van der Waals surface area (Å²) in [5.74, 6) is 3.11.